The Bertz CT molecular complexity index is 610. The minimum atomic E-state index is 0.105. The van der Waals surface area contributed by atoms with E-state index >= 15 is 0 Å². The molecule has 0 aromatic heterocycles. The van der Waals surface area contributed by atoms with Gasteiger partial charge in [0.1, 0.15) is 5.75 Å². The molecule has 2 nitrogen and oxygen atoms in total. The highest BCUT2D eigenvalue weighted by atomic mass is 16.5. The molecule has 19 heavy (non-hydrogen) atoms. The van der Waals surface area contributed by atoms with Crippen LogP contribution in [-0.4, -0.2) is 11.9 Å². The molecule has 1 saturated carbocycles. The Kier molecular flexibility index (Phi) is 3.24. The number of hydrogen-bond donors (Lipinski definition) is 0. The lowest BCUT2D eigenvalue weighted by Gasteiger charge is -2.13. The number of ketones is 1. The van der Waals surface area contributed by atoms with Gasteiger partial charge in [-0.3, -0.25) is 4.79 Å². The molecule has 0 aliphatic heterocycles. The summed E-state index contributed by atoms with van der Waals surface area (Å²) in [6.07, 6.45) is 5.28. The monoisotopic (exact) mass is 254 g/mol. The Morgan fingerprint density at radius 1 is 1.05 bits per heavy atom. The van der Waals surface area contributed by atoms with Crippen molar-refractivity contribution in [3.63, 3.8) is 0 Å². The second kappa shape index (κ2) is 5.04. The van der Waals surface area contributed by atoms with E-state index in [4.69, 9.17) is 4.74 Å². The lowest BCUT2D eigenvalue weighted by molar-refractivity contribution is 0.101. The number of hydrogen-bond acceptors (Lipinski definition) is 2. The number of rotatable bonds is 3. The predicted octanol–water partition coefficient (Wildman–Crippen LogP) is 4.36. The maximum absolute atomic E-state index is 11.4. The Balaban J connectivity index is 1.88. The quantitative estimate of drug-likeness (QED) is 0.760. The smallest absolute Gasteiger partial charge is 0.159 e. The summed E-state index contributed by atoms with van der Waals surface area (Å²) in [5, 5.41) is 2.21. The van der Waals surface area contributed by atoms with Gasteiger partial charge in [-0.05, 0) is 61.6 Å². The average Bonchev–Trinajstić information content (AvgIpc) is 2.91. The van der Waals surface area contributed by atoms with Crippen LogP contribution in [0.25, 0.3) is 10.8 Å². The molecule has 2 aromatic rings. The first-order valence-corrected chi connectivity index (χ1v) is 6.94. The third-order valence-corrected chi connectivity index (χ3v) is 3.82. The summed E-state index contributed by atoms with van der Waals surface area (Å²) in [6, 6.07) is 11.9. The van der Waals surface area contributed by atoms with Crippen molar-refractivity contribution in [3.8, 4) is 5.75 Å². The summed E-state index contributed by atoms with van der Waals surface area (Å²) < 4.78 is 5.99. The number of Topliss-reactive ketones (excluding diaryl/α,β-unsaturated/α-hetero) is 1. The molecule has 0 N–H and O–H groups in total. The lowest BCUT2D eigenvalue weighted by Crippen LogP contribution is -2.10. The maximum atomic E-state index is 11.4. The van der Waals surface area contributed by atoms with Gasteiger partial charge in [0.15, 0.2) is 5.78 Å². The van der Waals surface area contributed by atoms with Gasteiger partial charge < -0.3 is 4.74 Å². The van der Waals surface area contributed by atoms with Crippen LogP contribution in [0.4, 0.5) is 0 Å². The summed E-state index contributed by atoms with van der Waals surface area (Å²) in [5.74, 6) is 1.04. The van der Waals surface area contributed by atoms with Crippen LogP contribution in [0.5, 0.6) is 5.75 Å². The number of carbonyl (C=O) groups is 1. The second-order valence-electron chi connectivity index (χ2n) is 5.30. The highest BCUT2D eigenvalue weighted by Crippen LogP contribution is 2.27. The van der Waals surface area contributed by atoms with E-state index in [0.717, 1.165) is 22.1 Å². The summed E-state index contributed by atoms with van der Waals surface area (Å²) in [5.41, 5.74) is 0.761. The van der Waals surface area contributed by atoms with Crippen molar-refractivity contribution in [2.75, 3.05) is 0 Å². The molecule has 0 unspecified atom stereocenters. The summed E-state index contributed by atoms with van der Waals surface area (Å²) in [4.78, 5) is 11.4. The molecular weight excluding hydrogens is 236 g/mol. The van der Waals surface area contributed by atoms with Gasteiger partial charge in [-0.1, -0.05) is 18.2 Å². The molecule has 0 saturated heterocycles. The average molecular weight is 254 g/mol. The fourth-order valence-electron chi connectivity index (χ4n) is 2.71. The Labute approximate surface area is 113 Å². The first-order valence-electron chi connectivity index (χ1n) is 6.94. The van der Waals surface area contributed by atoms with Crippen molar-refractivity contribution in [1.29, 1.82) is 0 Å². The summed E-state index contributed by atoms with van der Waals surface area (Å²) in [6.45, 7) is 1.60. The highest BCUT2D eigenvalue weighted by Gasteiger charge is 2.16. The van der Waals surface area contributed by atoms with E-state index in [2.05, 4.69) is 6.07 Å². The van der Waals surface area contributed by atoms with E-state index in [1.807, 2.05) is 30.3 Å². The van der Waals surface area contributed by atoms with Gasteiger partial charge in [-0.2, -0.15) is 0 Å². The molecule has 1 fully saturated rings. The van der Waals surface area contributed by atoms with E-state index in [1.165, 1.54) is 25.7 Å². The van der Waals surface area contributed by atoms with Crippen LogP contribution in [0.2, 0.25) is 0 Å². The van der Waals surface area contributed by atoms with Gasteiger partial charge >= 0.3 is 0 Å². The molecule has 2 heteroatoms. The van der Waals surface area contributed by atoms with Gasteiger partial charge in [0.2, 0.25) is 0 Å². The third kappa shape index (κ3) is 2.62. The molecule has 2 aromatic carbocycles. The molecular formula is C17H18O2. The van der Waals surface area contributed by atoms with Gasteiger partial charge in [0.25, 0.3) is 0 Å². The van der Waals surface area contributed by atoms with Gasteiger partial charge in [-0.15, -0.1) is 0 Å². The lowest BCUT2D eigenvalue weighted by atomic mass is 10.0. The molecule has 1 aliphatic rings. The maximum Gasteiger partial charge on any atom is 0.159 e. The molecule has 0 spiro atoms. The van der Waals surface area contributed by atoms with Crippen molar-refractivity contribution in [2.24, 2.45) is 0 Å². The molecule has 0 amide bonds. The van der Waals surface area contributed by atoms with Crippen LogP contribution in [0.3, 0.4) is 0 Å². The van der Waals surface area contributed by atoms with Crippen LogP contribution >= 0.6 is 0 Å². The number of ether oxygens (including phenoxy) is 1. The van der Waals surface area contributed by atoms with Crippen molar-refractivity contribution in [2.45, 2.75) is 38.7 Å². The zero-order valence-electron chi connectivity index (χ0n) is 11.2. The van der Waals surface area contributed by atoms with E-state index in [0.29, 0.717) is 6.10 Å². The molecule has 0 atom stereocenters. The fourth-order valence-corrected chi connectivity index (χ4v) is 2.71. The zero-order valence-corrected chi connectivity index (χ0v) is 11.2. The Morgan fingerprint density at radius 2 is 1.74 bits per heavy atom. The molecule has 0 heterocycles. The van der Waals surface area contributed by atoms with Crippen molar-refractivity contribution in [1.82, 2.24) is 0 Å². The van der Waals surface area contributed by atoms with Crippen molar-refractivity contribution < 1.29 is 9.53 Å². The number of fused-ring (bicyclic) bond motifs is 1. The third-order valence-electron chi connectivity index (χ3n) is 3.82. The summed E-state index contributed by atoms with van der Waals surface area (Å²) in [7, 11) is 0. The second-order valence-corrected chi connectivity index (χ2v) is 5.30. The number of carbonyl (C=O) groups excluding carboxylic acids is 1. The molecule has 1 aliphatic carbocycles. The first kappa shape index (κ1) is 12.2. The molecule has 0 radical (unpaired) electrons. The minimum absolute atomic E-state index is 0.105. The van der Waals surface area contributed by atoms with E-state index in [9.17, 15) is 4.79 Å². The SMILES string of the molecule is CC(=O)c1ccc2cc(OC3CCCC3)ccc2c1. The fraction of sp³-hybridized carbons (Fsp3) is 0.353. The zero-order chi connectivity index (χ0) is 13.2. The van der Waals surface area contributed by atoms with Crippen LogP contribution in [0.15, 0.2) is 36.4 Å². The normalized spacial score (nSPS) is 15.8. The van der Waals surface area contributed by atoms with Crippen LogP contribution in [-0.2, 0) is 0 Å². The standard InChI is InChI=1S/C17H18O2/c1-12(18)13-6-7-15-11-17(9-8-14(15)10-13)19-16-4-2-3-5-16/h6-11,16H,2-5H2,1H3. The highest BCUT2D eigenvalue weighted by molar-refractivity contribution is 5.98. The van der Waals surface area contributed by atoms with Crippen LogP contribution in [0, 0.1) is 0 Å². The van der Waals surface area contributed by atoms with Crippen LogP contribution in [0.1, 0.15) is 43.0 Å². The predicted molar refractivity (Wildman–Crippen MR) is 76.8 cm³/mol. The molecule has 3 rings (SSSR count). The summed E-state index contributed by atoms with van der Waals surface area (Å²) >= 11 is 0. The van der Waals surface area contributed by atoms with Gasteiger partial charge in [0, 0.05) is 5.56 Å². The van der Waals surface area contributed by atoms with Crippen molar-refractivity contribution in [3.05, 3.63) is 42.0 Å². The molecule has 0 bridgehead atoms. The van der Waals surface area contributed by atoms with E-state index in [1.54, 1.807) is 6.92 Å². The number of benzene rings is 2. The minimum Gasteiger partial charge on any atom is -0.490 e. The van der Waals surface area contributed by atoms with Gasteiger partial charge in [-0.25, -0.2) is 0 Å². The van der Waals surface area contributed by atoms with Crippen LogP contribution < -0.4 is 4.74 Å². The molecule has 98 valence electrons. The van der Waals surface area contributed by atoms with E-state index in [-0.39, 0.29) is 5.78 Å². The largest absolute Gasteiger partial charge is 0.490 e. The van der Waals surface area contributed by atoms with Crippen molar-refractivity contribution >= 4 is 16.6 Å². The first-order chi connectivity index (χ1) is 9.22. The Hall–Kier alpha value is -1.83. The topological polar surface area (TPSA) is 26.3 Å². The Morgan fingerprint density at radius 3 is 2.47 bits per heavy atom. The van der Waals surface area contributed by atoms with Gasteiger partial charge in [0.05, 0.1) is 6.10 Å². The van der Waals surface area contributed by atoms with E-state index < -0.39 is 0 Å².